The highest BCUT2D eigenvalue weighted by Crippen LogP contribution is 2.11. The molecule has 2 aromatic rings. The lowest BCUT2D eigenvalue weighted by atomic mass is 10.1. The number of aryl methyl sites for hydroxylation is 1. The van der Waals surface area contributed by atoms with Crippen molar-refractivity contribution in [3.05, 3.63) is 72.4 Å². The van der Waals surface area contributed by atoms with Crippen LogP contribution in [0.25, 0.3) is 0 Å². The van der Waals surface area contributed by atoms with E-state index >= 15 is 0 Å². The summed E-state index contributed by atoms with van der Waals surface area (Å²) in [5.41, 5.74) is 2.94. The van der Waals surface area contributed by atoms with E-state index in [1.807, 2.05) is 36.4 Å². The van der Waals surface area contributed by atoms with Crippen LogP contribution in [0.15, 0.2) is 48.5 Å². The molecule has 0 amide bonds. The molecule has 2 aromatic carbocycles. The number of nitrogens with one attached hydrogen (secondary N) is 1. The van der Waals surface area contributed by atoms with Crippen LogP contribution >= 0.6 is 0 Å². The van der Waals surface area contributed by atoms with Crippen LogP contribution in [0.5, 0.6) is 0 Å². The molecule has 2 rings (SSSR count). The molecule has 0 atom stereocenters. The van der Waals surface area contributed by atoms with E-state index in [-0.39, 0.29) is 5.82 Å². The van der Waals surface area contributed by atoms with Crippen molar-refractivity contribution in [2.24, 2.45) is 0 Å². The second-order valence-electron chi connectivity index (χ2n) is 4.67. The third-order valence-electron chi connectivity index (χ3n) is 3.11. The Bertz CT molecular complexity index is 505. The maximum Gasteiger partial charge on any atom is 0.126 e. The van der Waals surface area contributed by atoms with Gasteiger partial charge in [0.1, 0.15) is 5.82 Å². The standard InChI is InChI=1S/C17H19FN/c1-14-9-11-16(12-10-14)19-13-5-4-7-15-6-2-3-8-17(15)18/h2-3,6,8-12,19H,1,4-5,7,13H2. The molecule has 0 aliphatic carbocycles. The van der Waals surface area contributed by atoms with E-state index in [9.17, 15) is 4.39 Å². The van der Waals surface area contributed by atoms with E-state index < -0.39 is 0 Å². The molecule has 0 aliphatic heterocycles. The van der Waals surface area contributed by atoms with Crippen LogP contribution in [-0.4, -0.2) is 6.54 Å². The lowest BCUT2D eigenvalue weighted by molar-refractivity contribution is 0.602. The number of unbranched alkanes of at least 4 members (excludes halogenated alkanes) is 1. The zero-order valence-electron chi connectivity index (χ0n) is 11.0. The molecule has 0 fully saturated rings. The number of benzene rings is 2. The molecule has 1 N–H and O–H groups in total. The molecule has 0 spiro atoms. The Hall–Kier alpha value is -1.83. The Kier molecular flexibility index (Phi) is 4.96. The number of rotatable bonds is 6. The van der Waals surface area contributed by atoms with Crippen molar-refractivity contribution >= 4 is 5.69 Å². The largest absolute Gasteiger partial charge is 0.385 e. The van der Waals surface area contributed by atoms with Crippen LogP contribution in [0.4, 0.5) is 10.1 Å². The topological polar surface area (TPSA) is 12.0 Å². The average Bonchev–Trinajstić information content (AvgIpc) is 2.42. The zero-order valence-corrected chi connectivity index (χ0v) is 11.0. The number of anilines is 1. The molecule has 0 aromatic heterocycles. The van der Waals surface area contributed by atoms with Gasteiger partial charge in [0.25, 0.3) is 0 Å². The van der Waals surface area contributed by atoms with Crippen molar-refractivity contribution in [2.75, 3.05) is 11.9 Å². The summed E-state index contributed by atoms with van der Waals surface area (Å²) in [6.07, 6.45) is 2.81. The molecular weight excluding hydrogens is 237 g/mol. The second-order valence-corrected chi connectivity index (χ2v) is 4.67. The van der Waals surface area contributed by atoms with Gasteiger partial charge in [-0.3, -0.25) is 0 Å². The van der Waals surface area contributed by atoms with Gasteiger partial charge in [0.2, 0.25) is 0 Å². The van der Waals surface area contributed by atoms with Crippen LogP contribution in [0.3, 0.4) is 0 Å². The van der Waals surface area contributed by atoms with Gasteiger partial charge in [-0.1, -0.05) is 30.3 Å². The zero-order chi connectivity index (χ0) is 13.5. The maximum atomic E-state index is 13.4. The van der Waals surface area contributed by atoms with Crippen LogP contribution < -0.4 is 5.32 Å². The average molecular weight is 256 g/mol. The SMILES string of the molecule is [CH2]c1ccc(NCCCCc2ccccc2F)cc1. The fourth-order valence-corrected chi connectivity index (χ4v) is 2.00. The molecule has 0 saturated heterocycles. The van der Waals surface area contributed by atoms with Gasteiger partial charge in [-0.25, -0.2) is 4.39 Å². The lowest BCUT2D eigenvalue weighted by Gasteiger charge is -2.07. The van der Waals surface area contributed by atoms with E-state index in [0.29, 0.717) is 0 Å². The molecule has 0 bridgehead atoms. The highest BCUT2D eigenvalue weighted by atomic mass is 19.1. The van der Waals surface area contributed by atoms with Crippen LogP contribution in [0.1, 0.15) is 24.0 Å². The van der Waals surface area contributed by atoms with Gasteiger partial charge >= 0.3 is 0 Å². The molecule has 2 heteroatoms. The summed E-state index contributed by atoms with van der Waals surface area (Å²) in [5.74, 6) is -0.0958. The van der Waals surface area contributed by atoms with Gasteiger partial charge < -0.3 is 5.32 Å². The monoisotopic (exact) mass is 256 g/mol. The van der Waals surface area contributed by atoms with E-state index in [2.05, 4.69) is 12.2 Å². The van der Waals surface area contributed by atoms with Crippen LogP contribution in [0.2, 0.25) is 0 Å². The van der Waals surface area contributed by atoms with Gasteiger partial charge in [-0.15, -0.1) is 0 Å². The fraction of sp³-hybridized carbons (Fsp3) is 0.235. The summed E-state index contributed by atoms with van der Waals surface area (Å²) < 4.78 is 13.4. The normalized spacial score (nSPS) is 10.4. The van der Waals surface area contributed by atoms with Crippen molar-refractivity contribution in [3.8, 4) is 0 Å². The molecule has 0 aliphatic rings. The van der Waals surface area contributed by atoms with E-state index in [1.54, 1.807) is 6.07 Å². The first-order valence-electron chi connectivity index (χ1n) is 6.65. The summed E-state index contributed by atoms with van der Waals surface area (Å²) in [6, 6.07) is 15.0. The predicted octanol–water partition coefficient (Wildman–Crippen LogP) is 4.44. The molecule has 0 saturated carbocycles. The van der Waals surface area contributed by atoms with Gasteiger partial charge in [0.15, 0.2) is 0 Å². The van der Waals surface area contributed by atoms with Crippen molar-refractivity contribution in [1.29, 1.82) is 0 Å². The first-order valence-corrected chi connectivity index (χ1v) is 6.65. The number of hydrogen-bond donors (Lipinski definition) is 1. The Morgan fingerprint density at radius 3 is 2.42 bits per heavy atom. The smallest absolute Gasteiger partial charge is 0.126 e. The summed E-state index contributed by atoms with van der Waals surface area (Å²) in [4.78, 5) is 0. The predicted molar refractivity (Wildman–Crippen MR) is 78.7 cm³/mol. The molecule has 1 nitrogen and oxygen atoms in total. The lowest BCUT2D eigenvalue weighted by Crippen LogP contribution is -2.02. The molecular formula is C17H19FN. The first kappa shape index (κ1) is 13.6. The quantitative estimate of drug-likeness (QED) is 0.753. The Labute approximate surface area is 114 Å². The van der Waals surface area contributed by atoms with Crippen molar-refractivity contribution < 1.29 is 4.39 Å². The maximum absolute atomic E-state index is 13.4. The molecule has 1 radical (unpaired) electrons. The highest BCUT2D eigenvalue weighted by molar-refractivity contribution is 5.44. The summed E-state index contributed by atoms with van der Waals surface area (Å²) in [5, 5.41) is 3.35. The van der Waals surface area contributed by atoms with Gasteiger partial charge in [-0.05, 0) is 55.5 Å². The Morgan fingerprint density at radius 1 is 0.947 bits per heavy atom. The molecule has 99 valence electrons. The molecule has 19 heavy (non-hydrogen) atoms. The molecule has 0 heterocycles. The van der Waals surface area contributed by atoms with E-state index in [1.165, 1.54) is 6.07 Å². The fourth-order valence-electron chi connectivity index (χ4n) is 2.00. The van der Waals surface area contributed by atoms with Gasteiger partial charge in [0.05, 0.1) is 0 Å². The minimum absolute atomic E-state index is 0.0958. The van der Waals surface area contributed by atoms with Crippen molar-refractivity contribution in [2.45, 2.75) is 19.3 Å². The number of hydrogen-bond acceptors (Lipinski definition) is 1. The third-order valence-corrected chi connectivity index (χ3v) is 3.11. The van der Waals surface area contributed by atoms with Crippen LogP contribution in [0, 0.1) is 12.7 Å². The Balaban J connectivity index is 1.67. The van der Waals surface area contributed by atoms with Crippen LogP contribution in [-0.2, 0) is 6.42 Å². The first-order chi connectivity index (χ1) is 9.25. The summed E-state index contributed by atoms with van der Waals surface area (Å²) >= 11 is 0. The van der Waals surface area contributed by atoms with E-state index in [0.717, 1.165) is 42.6 Å². The molecule has 0 unspecified atom stereocenters. The third kappa shape index (κ3) is 4.40. The van der Waals surface area contributed by atoms with Crippen molar-refractivity contribution in [3.63, 3.8) is 0 Å². The van der Waals surface area contributed by atoms with Gasteiger partial charge in [0, 0.05) is 12.2 Å². The summed E-state index contributed by atoms with van der Waals surface area (Å²) in [6.45, 7) is 4.76. The highest BCUT2D eigenvalue weighted by Gasteiger charge is 1.99. The summed E-state index contributed by atoms with van der Waals surface area (Å²) in [7, 11) is 0. The minimum atomic E-state index is -0.0958. The second kappa shape index (κ2) is 6.93. The number of halogens is 1. The minimum Gasteiger partial charge on any atom is -0.385 e. The van der Waals surface area contributed by atoms with Gasteiger partial charge in [-0.2, -0.15) is 0 Å². The Morgan fingerprint density at radius 2 is 1.68 bits per heavy atom. The van der Waals surface area contributed by atoms with E-state index in [4.69, 9.17) is 0 Å². The van der Waals surface area contributed by atoms with Crippen molar-refractivity contribution in [1.82, 2.24) is 0 Å².